The van der Waals surface area contributed by atoms with E-state index in [4.69, 9.17) is 4.42 Å². The van der Waals surface area contributed by atoms with Crippen LogP contribution in [0.4, 0.5) is 0 Å². The monoisotopic (exact) mass is 285 g/mol. The van der Waals surface area contributed by atoms with E-state index in [1.165, 1.54) is 5.56 Å². The lowest BCUT2D eigenvalue weighted by Crippen LogP contribution is -2.17. The normalized spacial score (nSPS) is 12.9. The highest BCUT2D eigenvalue weighted by Gasteiger charge is 2.08. The van der Waals surface area contributed by atoms with E-state index in [1.54, 1.807) is 11.3 Å². The van der Waals surface area contributed by atoms with Crippen molar-refractivity contribution in [3.05, 3.63) is 45.0 Å². The number of thiophene rings is 1. The van der Waals surface area contributed by atoms with Crippen LogP contribution in [0, 0.1) is 0 Å². The Kier molecular flexibility index (Phi) is 3.61. The molecule has 1 unspecified atom stereocenters. The first-order valence-corrected chi connectivity index (χ1v) is 6.49. The number of nitrogens with one attached hydrogen (secondary N) is 1. The van der Waals surface area contributed by atoms with E-state index in [0.717, 1.165) is 17.0 Å². The molecule has 0 bridgehead atoms. The molecule has 4 heteroatoms. The van der Waals surface area contributed by atoms with Crippen LogP contribution < -0.4 is 5.32 Å². The van der Waals surface area contributed by atoms with Gasteiger partial charge in [0.25, 0.3) is 0 Å². The van der Waals surface area contributed by atoms with Crippen molar-refractivity contribution in [3.8, 4) is 0 Å². The van der Waals surface area contributed by atoms with Gasteiger partial charge in [-0.1, -0.05) is 0 Å². The highest BCUT2D eigenvalue weighted by atomic mass is 79.9. The first-order valence-electron chi connectivity index (χ1n) is 4.75. The number of halogens is 1. The molecule has 2 aromatic heterocycles. The number of hydrogen-bond donors (Lipinski definition) is 1. The quantitative estimate of drug-likeness (QED) is 0.920. The van der Waals surface area contributed by atoms with Gasteiger partial charge in [0.1, 0.15) is 5.76 Å². The van der Waals surface area contributed by atoms with Crippen LogP contribution >= 0.6 is 27.3 Å². The highest BCUT2D eigenvalue weighted by Crippen LogP contribution is 2.20. The van der Waals surface area contributed by atoms with Gasteiger partial charge in [-0.25, -0.2) is 0 Å². The molecule has 0 spiro atoms. The SMILES string of the molecule is CC(NCc1ccsc1)c1ccc(Br)o1. The fourth-order valence-electron chi connectivity index (χ4n) is 1.33. The molecule has 15 heavy (non-hydrogen) atoms. The molecule has 0 radical (unpaired) electrons. The second-order valence-electron chi connectivity index (χ2n) is 3.38. The Balaban J connectivity index is 1.90. The van der Waals surface area contributed by atoms with Gasteiger partial charge in [0, 0.05) is 6.54 Å². The van der Waals surface area contributed by atoms with Crippen molar-refractivity contribution in [2.24, 2.45) is 0 Å². The molecule has 0 aromatic carbocycles. The van der Waals surface area contributed by atoms with E-state index in [9.17, 15) is 0 Å². The molecule has 1 atom stereocenters. The van der Waals surface area contributed by atoms with Crippen molar-refractivity contribution in [2.75, 3.05) is 0 Å². The van der Waals surface area contributed by atoms with Crippen LogP contribution in [0.1, 0.15) is 24.3 Å². The Morgan fingerprint density at radius 1 is 1.47 bits per heavy atom. The zero-order valence-corrected chi connectivity index (χ0v) is 10.8. The molecule has 2 aromatic rings. The summed E-state index contributed by atoms with van der Waals surface area (Å²) < 4.78 is 6.25. The van der Waals surface area contributed by atoms with Gasteiger partial charge in [0.05, 0.1) is 6.04 Å². The van der Waals surface area contributed by atoms with Crippen LogP contribution in [0.15, 0.2) is 38.0 Å². The zero-order chi connectivity index (χ0) is 10.7. The van der Waals surface area contributed by atoms with E-state index in [1.807, 2.05) is 12.1 Å². The first-order chi connectivity index (χ1) is 7.25. The summed E-state index contributed by atoms with van der Waals surface area (Å²) in [6, 6.07) is 6.26. The Hall–Kier alpha value is -0.580. The Morgan fingerprint density at radius 2 is 2.33 bits per heavy atom. The fraction of sp³-hybridized carbons (Fsp3) is 0.273. The summed E-state index contributed by atoms with van der Waals surface area (Å²) in [7, 11) is 0. The molecule has 2 heterocycles. The fourth-order valence-corrected chi connectivity index (χ4v) is 2.31. The van der Waals surface area contributed by atoms with Crippen LogP contribution in [0.2, 0.25) is 0 Å². The minimum Gasteiger partial charge on any atom is -0.453 e. The molecular weight excluding hydrogens is 274 g/mol. The zero-order valence-electron chi connectivity index (χ0n) is 8.37. The molecular formula is C11H12BrNOS. The Bertz CT molecular complexity index is 410. The van der Waals surface area contributed by atoms with E-state index in [0.29, 0.717) is 0 Å². The van der Waals surface area contributed by atoms with E-state index in [-0.39, 0.29) is 6.04 Å². The molecule has 0 saturated carbocycles. The number of rotatable bonds is 4. The third-order valence-corrected chi connectivity index (χ3v) is 3.37. The van der Waals surface area contributed by atoms with Gasteiger partial charge in [-0.3, -0.25) is 0 Å². The van der Waals surface area contributed by atoms with Crippen molar-refractivity contribution in [1.82, 2.24) is 5.32 Å². The minimum atomic E-state index is 0.233. The largest absolute Gasteiger partial charge is 0.453 e. The van der Waals surface area contributed by atoms with Gasteiger partial charge < -0.3 is 9.73 Å². The summed E-state index contributed by atoms with van der Waals surface area (Å²) >= 11 is 5.02. The van der Waals surface area contributed by atoms with Gasteiger partial charge in [-0.2, -0.15) is 11.3 Å². The second kappa shape index (κ2) is 4.96. The van der Waals surface area contributed by atoms with Crippen LogP contribution in [0.25, 0.3) is 0 Å². The molecule has 0 fully saturated rings. The minimum absolute atomic E-state index is 0.233. The molecule has 0 aliphatic heterocycles. The topological polar surface area (TPSA) is 25.2 Å². The number of furan rings is 1. The maximum atomic E-state index is 5.47. The molecule has 0 aliphatic rings. The second-order valence-corrected chi connectivity index (χ2v) is 4.94. The third kappa shape index (κ3) is 2.93. The van der Waals surface area contributed by atoms with Crippen LogP contribution in [-0.4, -0.2) is 0 Å². The van der Waals surface area contributed by atoms with E-state index in [2.05, 4.69) is 45.0 Å². The number of hydrogen-bond acceptors (Lipinski definition) is 3. The van der Waals surface area contributed by atoms with Gasteiger partial charge in [-0.05, 0) is 57.4 Å². The van der Waals surface area contributed by atoms with Gasteiger partial charge in [-0.15, -0.1) is 0 Å². The predicted octanol–water partition coefficient (Wildman–Crippen LogP) is 3.95. The van der Waals surface area contributed by atoms with Gasteiger partial charge >= 0.3 is 0 Å². The van der Waals surface area contributed by atoms with Crippen LogP contribution in [0.3, 0.4) is 0 Å². The van der Waals surface area contributed by atoms with Crippen molar-refractivity contribution < 1.29 is 4.42 Å². The van der Waals surface area contributed by atoms with Gasteiger partial charge in [0.15, 0.2) is 4.67 Å². The third-order valence-electron chi connectivity index (χ3n) is 2.21. The maximum Gasteiger partial charge on any atom is 0.169 e. The smallest absolute Gasteiger partial charge is 0.169 e. The molecule has 80 valence electrons. The summed E-state index contributed by atoms with van der Waals surface area (Å²) in [6.45, 7) is 2.97. The Labute approximate surface area is 101 Å². The summed E-state index contributed by atoms with van der Waals surface area (Å²) in [4.78, 5) is 0. The van der Waals surface area contributed by atoms with Crippen LogP contribution in [-0.2, 0) is 6.54 Å². The summed E-state index contributed by atoms with van der Waals surface area (Å²) in [5.74, 6) is 0.956. The van der Waals surface area contributed by atoms with E-state index >= 15 is 0 Å². The van der Waals surface area contributed by atoms with Crippen molar-refractivity contribution in [1.29, 1.82) is 0 Å². The molecule has 2 rings (SSSR count). The average molecular weight is 286 g/mol. The molecule has 1 N–H and O–H groups in total. The van der Waals surface area contributed by atoms with E-state index < -0.39 is 0 Å². The highest BCUT2D eigenvalue weighted by molar-refractivity contribution is 9.10. The van der Waals surface area contributed by atoms with Crippen molar-refractivity contribution in [3.63, 3.8) is 0 Å². The molecule has 0 aliphatic carbocycles. The van der Waals surface area contributed by atoms with Gasteiger partial charge in [0.2, 0.25) is 0 Å². The molecule has 0 amide bonds. The predicted molar refractivity (Wildman–Crippen MR) is 66.0 cm³/mol. The maximum absolute atomic E-state index is 5.47. The van der Waals surface area contributed by atoms with Crippen molar-refractivity contribution in [2.45, 2.75) is 19.5 Å². The summed E-state index contributed by atoms with van der Waals surface area (Å²) in [6.07, 6.45) is 0. The summed E-state index contributed by atoms with van der Waals surface area (Å²) in [5.41, 5.74) is 1.32. The summed E-state index contributed by atoms with van der Waals surface area (Å²) in [5, 5.41) is 7.65. The molecule has 2 nitrogen and oxygen atoms in total. The Morgan fingerprint density at radius 3 is 2.93 bits per heavy atom. The van der Waals surface area contributed by atoms with Crippen molar-refractivity contribution >= 4 is 27.3 Å². The first kappa shape index (κ1) is 10.9. The van der Waals surface area contributed by atoms with Crippen LogP contribution in [0.5, 0.6) is 0 Å². The lowest BCUT2D eigenvalue weighted by molar-refractivity contribution is 0.418. The molecule has 0 saturated heterocycles. The standard InChI is InChI=1S/C11H12BrNOS/c1-8(10-2-3-11(12)14-10)13-6-9-4-5-15-7-9/h2-5,7-8,13H,6H2,1H3. The average Bonchev–Trinajstić information content (AvgIpc) is 2.84. The lowest BCUT2D eigenvalue weighted by Gasteiger charge is -2.09. The lowest BCUT2D eigenvalue weighted by atomic mass is 10.2.